The molecule has 0 aromatic heterocycles. The Labute approximate surface area is 99.6 Å². The zero-order chi connectivity index (χ0) is 12.9. The van der Waals surface area contributed by atoms with Crippen LogP contribution in [0.2, 0.25) is 0 Å². The molecule has 0 amide bonds. The van der Waals surface area contributed by atoms with E-state index in [1.54, 1.807) is 37.3 Å². The summed E-state index contributed by atoms with van der Waals surface area (Å²) in [5.41, 5.74) is -0.111. The van der Waals surface area contributed by atoms with Crippen molar-refractivity contribution in [1.82, 2.24) is 0 Å². The van der Waals surface area contributed by atoms with Crippen LogP contribution in [0.25, 0.3) is 0 Å². The number of hydrogen-bond donors (Lipinski definition) is 1. The Morgan fingerprint density at radius 3 is 2.71 bits per heavy atom. The molecule has 1 N–H and O–H groups in total. The standard InChI is InChI=1S/C13H14O4/c1-13(12(16)17-2)8-3-4-10(7-9-13)5-6-11(14)15/h3-9H,1-2H3,(H,14,15)/b6-5+. The molecule has 0 fully saturated rings. The van der Waals surface area contributed by atoms with Gasteiger partial charge in [-0.2, -0.15) is 0 Å². The molecule has 1 aliphatic rings. The second-order valence-electron chi connectivity index (χ2n) is 3.80. The number of carboxylic acid groups (broad SMARTS) is 1. The smallest absolute Gasteiger partial charge is 0.328 e. The fraction of sp³-hybridized carbons (Fsp3) is 0.231. The second-order valence-corrected chi connectivity index (χ2v) is 3.80. The summed E-state index contributed by atoms with van der Waals surface area (Å²) >= 11 is 0. The third kappa shape index (κ3) is 3.45. The summed E-state index contributed by atoms with van der Waals surface area (Å²) in [4.78, 5) is 21.9. The van der Waals surface area contributed by atoms with Crippen molar-refractivity contribution >= 4 is 11.9 Å². The zero-order valence-electron chi connectivity index (χ0n) is 9.71. The number of carbonyl (C=O) groups excluding carboxylic acids is 1. The third-order valence-electron chi connectivity index (χ3n) is 2.40. The molecule has 0 saturated heterocycles. The molecular weight excluding hydrogens is 220 g/mol. The van der Waals surface area contributed by atoms with Crippen LogP contribution in [0.15, 0.2) is 48.1 Å². The molecule has 4 nitrogen and oxygen atoms in total. The molecule has 1 rings (SSSR count). The molecule has 0 aromatic rings. The van der Waals surface area contributed by atoms with Crippen LogP contribution in [0, 0.1) is 5.41 Å². The van der Waals surface area contributed by atoms with Crippen LogP contribution in [0.1, 0.15) is 6.92 Å². The number of esters is 1. The number of carbonyl (C=O) groups is 2. The number of carboxylic acids is 1. The summed E-state index contributed by atoms with van der Waals surface area (Å²) in [6, 6.07) is 0. The molecule has 0 spiro atoms. The number of allylic oxidation sites excluding steroid dienone is 5. The molecule has 0 bridgehead atoms. The summed E-state index contributed by atoms with van der Waals surface area (Å²) in [5, 5.41) is 8.51. The summed E-state index contributed by atoms with van der Waals surface area (Å²) in [6.07, 6.45) is 11.0. The molecule has 1 atom stereocenters. The van der Waals surface area contributed by atoms with Crippen LogP contribution < -0.4 is 0 Å². The van der Waals surface area contributed by atoms with E-state index in [1.807, 2.05) is 0 Å². The van der Waals surface area contributed by atoms with E-state index in [0.717, 1.165) is 6.08 Å². The Kier molecular flexibility index (Phi) is 4.04. The van der Waals surface area contributed by atoms with Gasteiger partial charge in [-0.3, -0.25) is 4.79 Å². The van der Waals surface area contributed by atoms with E-state index in [-0.39, 0.29) is 5.97 Å². The van der Waals surface area contributed by atoms with Gasteiger partial charge in [0.2, 0.25) is 0 Å². The molecule has 90 valence electrons. The predicted molar refractivity (Wildman–Crippen MR) is 63.3 cm³/mol. The van der Waals surface area contributed by atoms with E-state index >= 15 is 0 Å². The van der Waals surface area contributed by atoms with Gasteiger partial charge in [0.15, 0.2) is 0 Å². The van der Waals surface area contributed by atoms with Gasteiger partial charge in [0, 0.05) is 6.08 Å². The largest absolute Gasteiger partial charge is 0.478 e. The van der Waals surface area contributed by atoms with Crippen LogP contribution in [-0.4, -0.2) is 24.2 Å². The molecule has 1 aliphatic carbocycles. The highest BCUT2D eigenvalue weighted by Gasteiger charge is 2.28. The average Bonchev–Trinajstić information content (AvgIpc) is 2.48. The predicted octanol–water partition coefficient (Wildman–Crippen LogP) is 1.86. The van der Waals surface area contributed by atoms with Gasteiger partial charge in [0.25, 0.3) is 0 Å². The first-order valence-corrected chi connectivity index (χ1v) is 5.06. The summed E-state index contributed by atoms with van der Waals surface area (Å²) in [5.74, 6) is -1.37. The quantitative estimate of drug-likeness (QED) is 0.598. The highest BCUT2D eigenvalue weighted by atomic mass is 16.5. The maximum absolute atomic E-state index is 11.6. The molecule has 0 saturated carbocycles. The molecule has 0 radical (unpaired) electrons. The van der Waals surface area contributed by atoms with Crippen LogP contribution in [0.5, 0.6) is 0 Å². The first kappa shape index (κ1) is 13.0. The van der Waals surface area contributed by atoms with Gasteiger partial charge in [-0.15, -0.1) is 0 Å². The molecule has 4 heteroatoms. The molecule has 17 heavy (non-hydrogen) atoms. The van der Waals surface area contributed by atoms with E-state index in [9.17, 15) is 9.59 Å². The van der Waals surface area contributed by atoms with Crippen LogP contribution in [-0.2, 0) is 14.3 Å². The SMILES string of the molecule is COC(=O)C1(C)C=CC=C(/C=C/C(=O)O)C=C1. The van der Waals surface area contributed by atoms with Crippen LogP contribution in [0.4, 0.5) is 0 Å². The van der Waals surface area contributed by atoms with Crippen molar-refractivity contribution in [3.8, 4) is 0 Å². The van der Waals surface area contributed by atoms with E-state index in [0.29, 0.717) is 5.57 Å². The van der Waals surface area contributed by atoms with Gasteiger partial charge in [0.05, 0.1) is 7.11 Å². The number of ether oxygens (including phenoxy) is 1. The monoisotopic (exact) mass is 234 g/mol. The summed E-state index contributed by atoms with van der Waals surface area (Å²) in [7, 11) is 1.33. The second kappa shape index (κ2) is 5.30. The Morgan fingerprint density at radius 1 is 1.41 bits per heavy atom. The zero-order valence-corrected chi connectivity index (χ0v) is 9.71. The Morgan fingerprint density at radius 2 is 2.12 bits per heavy atom. The van der Waals surface area contributed by atoms with Gasteiger partial charge in [-0.1, -0.05) is 30.4 Å². The first-order valence-electron chi connectivity index (χ1n) is 5.06. The van der Waals surface area contributed by atoms with Crippen molar-refractivity contribution in [3.05, 3.63) is 48.1 Å². The number of hydrogen-bond acceptors (Lipinski definition) is 3. The lowest BCUT2D eigenvalue weighted by atomic mass is 9.90. The van der Waals surface area contributed by atoms with Gasteiger partial charge in [-0.05, 0) is 18.6 Å². The topological polar surface area (TPSA) is 63.6 Å². The molecule has 0 aliphatic heterocycles. The van der Waals surface area contributed by atoms with E-state index < -0.39 is 11.4 Å². The number of aliphatic carboxylic acids is 1. The van der Waals surface area contributed by atoms with Crippen molar-refractivity contribution in [2.75, 3.05) is 7.11 Å². The maximum Gasteiger partial charge on any atom is 0.328 e. The third-order valence-corrected chi connectivity index (χ3v) is 2.40. The van der Waals surface area contributed by atoms with E-state index in [1.165, 1.54) is 13.2 Å². The number of methoxy groups -OCH3 is 1. The van der Waals surface area contributed by atoms with Crippen LogP contribution >= 0.6 is 0 Å². The van der Waals surface area contributed by atoms with Gasteiger partial charge in [0.1, 0.15) is 5.41 Å². The lowest BCUT2D eigenvalue weighted by molar-refractivity contribution is -0.146. The summed E-state index contributed by atoms with van der Waals surface area (Å²) in [6.45, 7) is 1.73. The minimum atomic E-state index is -1.01. The van der Waals surface area contributed by atoms with Crippen molar-refractivity contribution < 1.29 is 19.4 Å². The average molecular weight is 234 g/mol. The van der Waals surface area contributed by atoms with E-state index in [2.05, 4.69) is 0 Å². The van der Waals surface area contributed by atoms with Gasteiger partial charge < -0.3 is 9.84 Å². The Hall–Kier alpha value is -2.10. The normalized spacial score (nSPS) is 23.3. The first-order chi connectivity index (χ1) is 7.98. The minimum absolute atomic E-state index is 0.359. The fourth-order valence-corrected chi connectivity index (χ4v) is 1.37. The molecule has 1 unspecified atom stereocenters. The fourth-order valence-electron chi connectivity index (χ4n) is 1.37. The van der Waals surface area contributed by atoms with Gasteiger partial charge >= 0.3 is 11.9 Å². The highest BCUT2D eigenvalue weighted by molar-refractivity contribution is 5.82. The van der Waals surface area contributed by atoms with Crippen molar-refractivity contribution in [3.63, 3.8) is 0 Å². The molecule has 0 aromatic carbocycles. The minimum Gasteiger partial charge on any atom is -0.478 e. The lowest BCUT2D eigenvalue weighted by Gasteiger charge is -2.17. The maximum atomic E-state index is 11.6. The van der Waals surface area contributed by atoms with Gasteiger partial charge in [-0.25, -0.2) is 4.79 Å². The van der Waals surface area contributed by atoms with Crippen LogP contribution in [0.3, 0.4) is 0 Å². The van der Waals surface area contributed by atoms with Crippen molar-refractivity contribution in [2.24, 2.45) is 5.41 Å². The Balaban J connectivity index is 2.91. The lowest BCUT2D eigenvalue weighted by Crippen LogP contribution is -2.24. The molecular formula is C13H14O4. The number of rotatable bonds is 3. The Bertz CT molecular complexity index is 440. The molecule has 0 heterocycles. The van der Waals surface area contributed by atoms with Crippen molar-refractivity contribution in [1.29, 1.82) is 0 Å². The highest BCUT2D eigenvalue weighted by Crippen LogP contribution is 2.25. The van der Waals surface area contributed by atoms with E-state index in [4.69, 9.17) is 9.84 Å². The summed E-state index contributed by atoms with van der Waals surface area (Å²) < 4.78 is 4.70. The van der Waals surface area contributed by atoms with Crippen molar-refractivity contribution in [2.45, 2.75) is 6.92 Å².